The van der Waals surface area contributed by atoms with Gasteiger partial charge in [0.2, 0.25) is 0 Å². The van der Waals surface area contributed by atoms with Crippen LogP contribution >= 0.6 is 0 Å². The van der Waals surface area contributed by atoms with E-state index in [1.54, 1.807) is 5.57 Å². The summed E-state index contributed by atoms with van der Waals surface area (Å²) in [6.07, 6.45) is 7.08. The average molecular weight is 220 g/mol. The Morgan fingerprint density at radius 1 is 1.44 bits per heavy atom. The van der Waals surface area contributed by atoms with Crippen LogP contribution in [0.5, 0.6) is 0 Å². The van der Waals surface area contributed by atoms with Gasteiger partial charge in [0.25, 0.3) is 0 Å². The van der Waals surface area contributed by atoms with Crippen LogP contribution in [-0.4, -0.2) is 11.7 Å². The Kier molecular flexibility index (Phi) is 2.27. The van der Waals surface area contributed by atoms with Crippen molar-refractivity contribution in [2.45, 2.75) is 58.7 Å². The van der Waals surface area contributed by atoms with Gasteiger partial charge in [-0.1, -0.05) is 25.5 Å². The van der Waals surface area contributed by atoms with Crippen molar-refractivity contribution in [3.05, 3.63) is 11.6 Å². The zero-order valence-corrected chi connectivity index (χ0v) is 11.0. The molecule has 0 aromatic heterocycles. The van der Waals surface area contributed by atoms with Crippen LogP contribution < -0.4 is 0 Å². The van der Waals surface area contributed by atoms with E-state index in [1.165, 1.54) is 19.3 Å². The molecule has 90 valence electrons. The highest BCUT2D eigenvalue weighted by Crippen LogP contribution is 2.59. The highest BCUT2D eigenvalue weighted by atomic mass is 16.6. The number of hydrogen-bond donors (Lipinski definition) is 0. The number of ether oxygens (including phenoxy) is 1. The van der Waals surface area contributed by atoms with E-state index >= 15 is 0 Å². The molecule has 1 saturated carbocycles. The molecule has 0 aromatic rings. The van der Waals surface area contributed by atoms with Gasteiger partial charge in [-0.05, 0) is 56.8 Å². The predicted octanol–water partition coefficient (Wildman–Crippen LogP) is 3.79. The fourth-order valence-electron chi connectivity index (χ4n) is 4.20. The molecule has 0 bridgehead atoms. The molecule has 2 fully saturated rings. The average Bonchev–Trinajstić information content (AvgIpc) is 2.88. The first-order valence-electron chi connectivity index (χ1n) is 6.87. The van der Waals surface area contributed by atoms with Gasteiger partial charge in [0.15, 0.2) is 0 Å². The minimum Gasteiger partial charge on any atom is -0.366 e. The van der Waals surface area contributed by atoms with Gasteiger partial charge in [-0.2, -0.15) is 0 Å². The summed E-state index contributed by atoms with van der Waals surface area (Å²) >= 11 is 0. The summed E-state index contributed by atoms with van der Waals surface area (Å²) in [5.41, 5.74) is 1.85. The van der Waals surface area contributed by atoms with E-state index < -0.39 is 0 Å². The largest absolute Gasteiger partial charge is 0.366 e. The van der Waals surface area contributed by atoms with Crippen LogP contribution in [0.4, 0.5) is 0 Å². The number of fused-ring (bicyclic) bond motifs is 3. The monoisotopic (exact) mass is 220 g/mol. The molecule has 3 aliphatic rings. The minimum atomic E-state index is 0.243. The second-order valence-corrected chi connectivity index (χ2v) is 6.67. The van der Waals surface area contributed by atoms with Gasteiger partial charge >= 0.3 is 0 Å². The molecule has 2 aliphatic carbocycles. The molecule has 3 rings (SSSR count). The molecule has 1 nitrogen and oxygen atoms in total. The van der Waals surface area contributed by atoms with Crippen LogP contribution in [0.3, 0.4) is 0 Å². The van der Waals surface area contributed by atoms with Crippen LogP contribution in [0.1, 0.15) is 47.0 Å². The summed E-state index contributed by atoms with van der Waals surface area (Å²) in [4.78, 5) is 0. The Hall–Kier alpha value is -0.300. The molecule has 0 unspecified atom stereocenters. The van der Waals surface area contributed by atoms with Gasteiger partial charge in [-0.15, -0.1) is 0 Å². The highest BCUT2D eigenvalue weighted by Gasteiger charge is 2.64. The summed E-state index contributed by atoms with van der Waals surface area (Å²) in [5, 5.41) is 0. The molecule has 0 amide bonds. The molecule has 1 heterocycles. The maximum Gasteiger partial charge on any atom is 0.0954 e. The first-order valence-corrected chi connectivity index (χ1v) is 6.87. The molecule has 0 radical (unpaired) electrons. The summed E-state index contributed by atoms with van der Waals surface area (Å²) in [6.45, 7) is 9.41. The second-order valence-electron chi connectivity index (χ2n) is 6.67. The molecule has 5 atom stereocenters. The van der Waals surface area contributed by atoms with Crippen LogP contribution in [0.15, 0.2) is 11.6 Å². The van der Waals surface area contributed by atoms with E-state index in [0.29, 0.717) is 6.10 Å². The van der Waals surface area contributed by atoms with Crippen LogP contribution in [-0.2, 0) is 4.74 Å². The van der Waals surface area contributed by atoms with Gasteiger partial charge in [0.05, 0.1) is 11.7 Å². The lowest BCUT2D eigenvalue weighted by atomic mass is 9.60. The van der Waals surface area contributed by atoms with Crippen molar-refractivity contribution in [1.29, 1.82) is 0 Å². The lowest BCUT2D eigenvalue weighted by molar-refractivity contribution is 0.113. The van der Waals surface area contributed by atoms with Crippen molar-refractivity contribution in [2.24, 2.45) is 23.7 Å². The Morgan fingerprint density at radius 2 is 2.19 bits per heavy atom. The third kappa shape index (κ3) is 1.40. The van der Waals surface area contributed by atoms with Crippen LogP contribution in [0.2, 0.25) is 0 Å². The Labute approximate surface area is 99.3 Å². The predicted molar refractivity (Wildman–Crippen MR) is 66.2 cm³/mol. The summed E-state index contributed by atoms with van der Waals surface area (Å²) < 4.78 is 6.02. The molecular formula is C15H24O. The lowest BCUT2D eigenvalue weighted by Crippen LogP contribution is -2.42. The number of rotatable bonds is 1. The Bertz CT molecular complexity index is 330. The van der Waals surface area contributed by atoms with Gasteiger partial charge in [0.1, 0.15) is 0 Å². The molecule has 16 heavy (non-hydrogen) atoms. The third-order valence-electron chi connectivity index (χ3n) is 5.34. The molecule has 1 saturated heterocycles. The van der Waals surface area contributed by atoms with E-state index in [0.717, 1.165) is 23.7 Å². The summed E-state index contributed by atoms with van der Waals surface area (Å²) in [5.74, 6) is 3.23. The normalized spacial score (nSPS) is 50.7. The van der Waals surface area contributed by atoms with Gasteiger partial charge < -0.3 is 4.74 Å². The van der Waals surface area contributed by atoms with Crippen molar-refractivity contribution >= 4 is 0 Å². The zero-order valence-electron chi connectivity index (χ0n) is 11.0. The molecule has 1 aliphatic heterocycles. The van der Waals surface area contributed by atoms with Gasteiger partial charge in [-0.3, -0.25) is 0 Å². The smallest absolute Gasteiger partial charge is 0.0954 e. The fraction of sp³-hybridized carbons (Fsp3) is 0.867. The molecule has 0 spiro atoms. The molecular weight excluding hydrogens is 196 g/mol. The van der Waals surface area contributed by atoms with E-state index in [-0.39, 0.29) is 5.60 Å². The zero-order chi connectivity index (χ0) is 11.5. The Balaban J connectivity index is 1.92. The van der Waals surface area contributed by atoms with Crippen LogP contribution in [0, 0.1) is 23.7 Å². The van der Waals surface area contributed by atoms with E-state index in [1.807, 2.05) is 0 Å². The second kappa shape index (κ2) is 3.35. The standard InChI is InChI=1S/C15H24O/c1-9(2)11-8-14-15(4,16-14)13-6-5-10(3)7-12(11)13/h7,9,11-14H,5-6,8H2,1-4H3/t11-,12-,13-,14-,15+/m1/s1. The fourth-order valence-corrected chi connectivity index (χ4v) is 4.20. The lowest BCUT2D eigenvalue weighted by Gasteiger charge is -2.42. The third-order valence-corrected chi connectivity index (χ3v) is 5.34. The quantitative estimate of drug-likeness (QED) is 0.484. The molecule has 0 N–H and O–H groups in total. The maximum atomic E-state index is 6.02. The van der Waals surface area contributed by atoms with Crippen molar-refractivity contribution in [3.63, 3.8) is 0 Å². The number of hydrogen-bond acceptors (Lipinski definition) is 1. The molecule has 1 heteroatoms. The van der Waals surface area contributed by atoms with Crippen LogP contribution in [0.25, 0.3) is 0 Å². The summed E-state index contributed by atoms with van der Waals surface area (Å²) in [7, 11) is 0. The van der Waals surface area contributed by atoms with Gasteiger partial charge in [-0.25, -0.2) is 0 Å². The first-order chi connectivity index (χ1) is 7.52. The minimum absolute atomic E-state index is 0.243. The van der Waals surface area contributed by atoms with Crippen molar-refractivity contribution in [1.82, 2.24) is 0 Å². The topological polar surface area (TPSA) is 12.5 Å². The highest BCUT2D eigenvalue weighted by molar-refractivity contribution is 5.20. The number of epoxide rings is 1. The van der Waals surface area contributed by atoms with E-state index in [4.69, 9.17) is 4.74 Å². The SMILES string of the molecule is CC1=C[C@@H]2[C@@H](C(C)C)C[C@H]3O[C@@]3(C)[C@@H]2CC1. The van der Waals surface area contributed by atoms with Crippen molar-refractivity contribution in [3.8, 4) is 0 Å². The first kappa shape index (κ1) is 10.8. The van der Waals surface area contributed by atoms with Gasteiger partial charge in [0, 0.05) is 0 Å². The van der Waals surface area contributed by atoms with E-state index in [9.17, 15) is 0 Å². The Morgan fingerprint density at radius 3 is 2.88 bits per heavy atom. The molecule has 0 aromatic carbocycles. The number of allylic oxidation sites excluding steroid dienone is 2. The van der Waals surface area contributed by atoms with Crippen molar-refractivity contribution < 1.29 is 4.74 Å². The maximum absolute atomic E-state index is 6.02. The van der Waals surface area contributed by atoms with E-state index in [2.05, 4.69) is 33.8 Å². The summed E-state index contributed by atoms with van der Waals surface area (Å²) in [6, 6.07) is 0. The van der Waals surface area contributed by atoms with Crippen molar-refractivity contribution in [2.75, 3.05) is 0 Å².